The van der Waals surface area contributed by atoms with Crippen LogP contribution in [0.1, 0.15) is 59.3 Å². The molecule has 0 aromatic carbocycles. The molecule has 0 bridgehead atoms. The lowest BCUT2D eigenvalue weighted by atomic mass is 9.45. The summed E-state index contributed by atoms with van der Waals surface area (Å²) in [4.78, 5) is 12.5. The molecule has 120 valence electrons. The van der Waals surface area contributed by atoms with E-state index in [1.807, 2.05) is 0 Å². The first kappa shape index (κ1) is 14.5. The number of rotatable bonds is 1. The molecule has 2 nitrogen and oxygen atoms in total. The highest BCUT2D eigenvalue weighted by atomic mass is 16.6. The Hall–Kier alpha value is -1.05. The van der Waals surface area contributed by atoms with Gasteiger partial charge in [-0.05, 0) is 61.9 Å². The maximum atomic E-state index is 12.5. The Kier molecular flexibility index (Phi) is 2.82. The maximum Gasteiger partial charge on any atom is 0.312 e. The molecule has 0 aromatic rings. The fourth-order valence-electron chi connectivity index (χ4n) is 6.34. The third-order valence-electron chi connectivity index (χ3n) is 7.57. The van der Waals surface area contributed by atoms with Crippen molar-refractivity contribution in [1.29, 1.82) is 0 Å². The minimum absolute atomic E-state index is 0.0150. The van der Waals surface area contributed by atoms with E-state index in [9.17, 15) is 4.79 Å². The van der Waals surface area contributed by atoms with Crippen LogP contribution in [0.5, 0.6) is 0 Å². The smallest absolute Gasteiger partial charge is 0.312 e. The van der Waals surface area contributed by atoms with E-state index in [4.69, 9.17) is 4.74 Å². The molecular formula is C20H28O2. The van der Waals surface area contributed by atoms with Crippen molar-refractivity contribution in [3.05, 3.63) is 24.3 Å². The summed E-state index contributed by atoms with van der Waals surface area (Å²) in [5, 5.41) is 0. The Morgan fingerprint density at radius 2 is 2.05 bits per heavy atom. The highest BCUT2D eigenvalue weighted by Gasteiger charge is 2.66. The van der Waals surface area contributed by atoms with Crippen LogP contribution in [-0.4, -0.2) is 12.1 Å². The van der Waals surface area contributed by atoms with Crippen LogP contribution in [0.25, 0.3) is 0 Å². The second kappa shape index (κ2) is 4.27. The van der Waals surface area contributed by atoms with Gasteiger partial charge < -0.3 is 4.74 Å². The second-order valence-corrected chi connectivity index (χ2v) is 8.99. The SMILES string of the molecule is C=C[C@]1(C)CCC2C(=C[C@H]3OC(=O)[C@@]4(C)CCC[C@@]2(C)C34)C1. The molecule has 22 heavy (non-hydrogen) atoms. The molecular weight excluding hydrogens is 272 g/mol. The van der Waals surface area contributed by atoms with Crippen LogP contribution in [-0.2, 0) is 9.53 Å². The molecule has 0 aromatic heterocycles. The summed E-state index contributed by atoms with van der Waals surface area (Å²) in [5.74, 6) is 1.06. The van der Waals surface area contributed by atoms with Gasteiger partial charge >= 0.3 is 5.97 Å². The molecule has 0 spiro atoms. The Bertz CT molecular complexity index is 576. The van der Waals surface area contributed by atoms with Gasteiger partial charge in [0.2, 0.25) is 0 Å². The molecule has 1 heterocycles. The quantitative estimate of drug-likeness (QED) is 0.520. The van der Waals surface area contributed by atoms with Crippen molar-refractivity contribution in [3.8, 4) is 0 Å². The van der Waals surface area contributed by atoms with Gasteiger partial charge in [-0.2, -0.15) is 0 Å². The van der Waals surface area contributed by atoms with E-state index < -0.39 is 0 Å². The van der Waals surface area contributed by atoms with E-state index in [0.717, 1.165) is 19.3 Å². The number of fused-ring (bicyclic) bond motifs is 2. The standard InChI is InChI=1S/C20H28O2/c1-5-18(2)10-7-14-13(12-18)11-15-16-19(14,3)8-6-9-20(16,4)17(21)22-15/h5,11,14-16H,1,6-10,12H2,2-4H3/t14?,15-,16?,18-,19-,20+/m1/s1. The third kappa shape index (κ3) is 1.64. The number of hydrogen-bond acceptors (Lipinski definition) is 2. The molecule has 1 aliphatic heterocycles. The van der Waals surface area contributed by atoms with Gasteiger partial charge in [-0.1, -0.05) is 31.9 Å². The largest absolute Gasteiger partial charge is 0.457 e. The van der Waals surface area contributed by atoms with Gasteiger partial charge in [-0.3, -0.25) is 4.79 Å². The van der Waals surface area contributed by atoms with Crippen LogP contribution in [0.2, 0.25) is 0 Å². The molecule has 3 aliphatic carbocycles. The lowest BCUT2D eigenvalue weighted by Gasteiger charge is -2.57. The lowest BCUT2D eigenvalue weighted by molar-refractivity contribution is -0.148. The van der Waals surface area contributed by atoms with Crippen molar-refractivity contribution in [2.75, 3.05) is 0 Å². The molecule has 0 N–H and O–H groups in total. The van der Waals surface area contributed by atoms with Crippen LogP contribution in [0.4, 0.5) is 0 Å². The number of carbonyl (C=O) groups excluding carboxylic acids is 1. The molecule has 2 heteroatoms. The summed E-state index contributed by atoms with van der Waals surface area (Å²) in [6.45, 7) is 11.0. The number of carbonyl (C=O) groups is 1. The van der Waals surface area contributed by atoms with Crippen LogP contribution in [0.3, 0.4) is 0 Å². The van der Waals surface area contributed by atoms with E-state index in [-0.39, 0.29) is 28.3 Å². The minimum Gasteiger partial charge on any atom is -0.457 e. The zero-order valence-corrected chi connectivity index (χ0v) is 14.2. The van der Waals surface area contributed by atoms with Gasteiger partial charge in [0, 0.05) is 5.92 Å². The molecule has 6 atom stereocenters. The fourth-order valence-corrected chi connectivity index (χ4v) is 6.34. The van der Waals surface area contributed by atoms with Crippen molar-refractivity contribution in [2.45, 2.75) is 65.4 Å². The average molecular weight is 300 g/mol. The zero-order valence-electron chi connectivity index (χ0n) is 14.2. The van der Waals surface area contributed by atoms with Gasteiger partial charge in [-0.15, -0.1) is 6.58 Å². The molecule has 4 rings (SSSR count). The van der Waals surface area contributed by atoms with Crippen LogP contribution < -0.4 is 0 Å². The van der Waals surface area contributed by atoms with Crippen LogP contribution in [0.15, 0.2) is 24.3 Å². The van der Waals surface area contributed by atoms with E-state index in [1.54, 1.807) is 0 Å². The van der Waals surface area contributed by atoms with Gasteiger partial charge in [-0.25, -0.2) is 0 Å². The highest BCUT2D eigenvalue weighted by Crippen LogP contribution is 2.66. The van der Waals surface area contributed by atoms with Crippen LogP contribution >= 0.6 is 0 Å². The first-order chi connectivity index (χ1) is 10.3. The monoisotopic (exact) mass is 300 g/mol. The molecule has 2 unspecified atom stereocenters. The van der Waals surface area contributed by atoms with E-state index in [0.29, 0.717) is 11.8 Å². The van der Waals surface area contributed by atoms with E-state index >= 15 is 0 Å². The molecule has 3 fully saturated rings. The summed E-state index contributed by atoms with van der Waals surface area (Å²) < 4.78 is 5.86. The maximum absolute atomic E-state index is 12.5. The van der Waals surface area contributed by atoms with Gasteiger partial charge in [0.05, 0.1) is 5.41 Å². The lowest BCUT2D eigenvalue weighted by Crippen LogP contribution is -2.53. The molecule has 0 radical (unpaired) electrons. The fraction of sp³-hybridized carbons (Fsp3) is 0.750. The third-order valence-corrected chi connectivity index (χ3v) is 7.57. The Labute approximate surface area is 134 Å². The van der Waals surface area contributed by atoms with Crippen molar-refractivity contribution in [1.82, 2.24) is 0 Å². The first-order valence-corrected chi connectivity index (χ1v) is 8.88. The molecule has 1 saturated heterocycles. The first-order valence-electron chi connectivity index (χ1n) is 8.88. The molecule has 0 amide bonds. The highest BCUT2D eigenvalue weighted by molar-refractivity contribution is 5.80. The summed E-state index contributed by atoms with van der Waals surface area (Å²) in [6, 6.07) is 0. The number of esters is 1. The summed E-state index contributed by atoms with van der Waals surface area (Å²) in [6.07, 6.45) is 11.4. The summed E-state index contributed by atoms with van der Waals surface area (Å²) in [5.41, 5.74) is 1.73. The Morgan fingerprint density at radius 1 is 1.27 bits per heavy atom. The number of hydrogen-bond donors (Lipinski definition) is 0. The van der Waals surface area contributed by atoms with Crippen molar-refractivity contribution in [3.63, 3.8) is 0 Å². The van der Waals surface area contributed by atoms with Crippen molar-refractivity contribution < 1.29 is 9.53 Å². The minimum atomic E-state index is -0.251. The Morgan fingerprint density at radius 3 is 2.77 bits per heavy atom. The molecule has 4 aliphatic rings. The van der Waals surface area contributed by atoms with Gasteiger partial charge in [0.15, 0.2) is 0 Å². The average Bonchev–Trinajstić information content (AvgIpc) is 2.71. The topological polar surface area (TPSA) is 26.3 Å². The van der Waals surface area contributed by atoms with E-state index in [1.165, 1.54) is 24.8 Å². The zero-order chi connectivity index (χ0) is 15.8. The van der Waals surface area contributed by atoms with Crippen molar-refractivity contribution in [2.24, 2.45) is 28.1 Å². The second-order valence-electron chi connectivity index (χ2n) is 8.99. The normalized spacial score (nSPS) is 53.1. The van der Waals surface area contributed by atoms with Crippen LogP contribution in [0, 0.1) is 28.1 Å². The predicted octanol–water partition coefficient (Wildman–Crippen LogP) is 4.66. The Balaban J connectivity index is 1.80. The number of allylic oxidation sites excluding steroid dienone is 2. The molecule has 2 saturated carbocycles. The predicted molar refractivity (Wildman–Crippen MR) is 87.2 cm³/mol. The summed E-state index contributed by atoms with van der Waals surface area (Å²) in [7, 11) is 0. The van der Waals surface area contributed by atoms with E-state index in [2.05, 4.69) is 39.5 Å². The summed E-state index contributed by atoms with van der Waals surface area (Å²) >= 11 is 0. The van der Waals surface area contributed by atoms with Gasteiger partial charge in [0.1, 0.15) is 6.10 Å². The number of ether oxygens (including phenoxy) is 1. The van der Waals surface area contributed by atoms with Gasteiger partial charge in [0.25, 0.3) is 0 Å². The van der Waals surface area contributed by atoms with Crippen molar-refractivity contribution >= 4 is 5.97 Å².